The molecule has 0 radical (unpaired) electrons. The van der Waals surface area contributed by atoms with Gasteiger partial charge in [0.25, 0.3) is 12.9 Å². The maximum atomic E-state index is 8.95. The molecule has 0 saturated carbocycles. The maximum Gasteiger partial charge on any atom is 0.292 e. The highest BCUT2D eigenvalue weighted by Gasteiger charge is 1.44. The van der Waals surface area contributed by atoms with E-state index in [1.54, 1.807) is 0 Å². The Balaban J connectivity index is -0.00000000310. The first-order valence-corrected chi connectivity index (χ1v) is 2.27. The van der Waals surface area contributed by atoms with E-state index in [1.807, 2.05) is 0 Å². The third kappa shape index (κ3) is 36600. The van der Waals surface area contributed by atoms with Gasteiger partial charge in [0, 0.05) is 18.5 Å². The zero-order chi connectivity index (χ0) is 10.1. The van der Waals surface area contributed by atoms with E-state index in [9.17, 15) is 0 Å². The van der Waals surface area contributed by atoms with Gasteiger partial charge >= 0.3 is 0 Å². The van der Waals surface area contributed by atoms with Gasteiger partial charge in [-0.3, -0.25) is 9.59 Å². The first kappa shape index (κ1) is 84.0. The fourth-order valence-electron chi connectivity index (χ4n) is 0. The van der Waals surface area contributed by atoms with Crippen LogP contribution in [0.1, 0.15) is 26.6 Å². The molecule has 8 nitrogen and oxygen atoms in total. The van der Waals surface area contributed by atoms with Crippen molar-refractivity contribution in [1.29, 1.82) is 0 Å². The Hall–Kier alpha value is -1.22. The van der Waals surface area contributed by atoms with Crippen molar-refractivity contribution in [2.45, 2.75) is 22.3 Å². The standard InChI is InChI=1S/C2H4O2.CH2O2.2CH4O.3CH4.2H2O.3H2/c1-4-2-3;2-1-3;2*1-2;;;;;;;;/h2H,1H3;1H,(H,2,3);2*2H,1H3;3*1H4;2*1H2;3*1H. The summed E-state index contributed by atoms with van der Waals surface area (Å²) in [6.07, 6.45) is 0. The topological polar surface area (TPSA) is 167 Å². The Morgan fingerprint density at radius 2 is 1.00 bits per heavy atom. The summed E-state index contributed by atoms with van der Waals surface area (Å²) in [4.78, 5) is 17.3. The Labute approximate surface area is 103 Å². The monoisotopic (exact) mass is 260 g/mol. The van der Waals surface area contributed by atoms with Gasteiger partial charge in [0.2, 0.25) is 0 Å². The Morgan fingerprint density at radius 3 is 1.00 bits per heavy atom. The van der Waals surface area contributed by atoms with Crippen LogP contribution in [0.15, 0.2) is 0 Å². The van der Waals surface area contributed by atoms with Crippen molar-refractivity contribution in [3.05, 3.63) is 0 Å². The van der Waals surface area contributed by atoms with Gasteiger partial charge in [-0.2, -0.15) is 0 Å². The summed E-state index contributed by atoms with van der Waals surface area (Å²) in [7, 11) is 3.31. The van der Waals surface area contributed by atoms with Crippen molar-refractivity contribution in [2.24, 2.45) is 0 Å². The molecule has 0 unspecified atom stereocenters. The lowest BCUT2D eigenvalue weighted by Crippen LogP contribution is -1.68. The molecule has 0 aromatic rings. The van der Waals surface area contributed by atoms with Crippen LogP contribution in [-0.4, -0.2) is 60.5 Å². The Kier molecular flexibility index (Phi) is 3730. The molecule has 0 aliphatic heterocycles. The summed E-state index contributed by atoms with van der Waals surface area (Å²) in [6, 6.07) is 0. The van der Waals surface area contributed by atoms with Crippen LogP contribution in [-0.2, 0) is 14.3 Å². The lowest BCUT2D eigenvalue weighted by molar-refractivity contribution is -0.126. The number of carboxylic acid groups (broad SMARTS) is 1. The van der Waals surface area contributed by atoms with Crippen molar-refractivity contribution in [3.8, 4) is 0 Å². The number of hydrogen-bond acceptors (Lipinski definition) is 5. The number of hydrogen-bond donors (Lipinski definition) is 3. The fourth-order valence-corrected chi connectivity index (χ4v) is 0. The minimum absolute atomic E-state index is 0. The van der Waals surface area contributed by atoms with E-state index in [0.29, 0.717) is 6.47 Å². The molecule has 0 atom stereocenters. The molecular formula is C8H36O8. The third-order valence-corrected chi connectivity index (χ3v) is 0.0962. The number of aliphatic hydroxyl groups excluding tert-OH is 2. The van der Waals surface area contributed by atoms with Crippen LogP contribution < -0.4 is 0 Å². The Bertz CT molecular complexity index is 63.3. The summed E-state index contributed by atoms with van der Waals surface area (Å²) in [6.45, 7) is 0.125. The molecule has 0 aliphatic carbocycles. The largest absolute Gasteiger partial charge is 0.483 e. The molecule has 0 aliphatic rings. The molecule has 16 heavy (non-hydrogen) atoms. The minimum Gasteiger partial charge on any atom is -0.483 e. The average Bonchev–Trinajstić information content (AvgIpc) is 2.12. The van der Waals surface area contributed by atoms with Crippen LogP contribution in [0.3, 0.4) is 0 Å². The van der Waals surface area contributed by atoms with Gasteiger partial charge in [0.05, 0.1) is 7.11 Å². The van der Waals surface area contributed by atoms with Crippen LogP contribution in [0.2, 0.25) is 0 Å². The number of carbonyl (C=O) groups is 2. The molecule has 0 amide bonds. The van der Waals surface area contributed by atoms with Crippen LogP contribution in [0.25, 0.3) is 0 Å². The molecule has 116 valence electrons. The van der Waals surface area contributed by atoms with Gasteiger partial charge in [-0.05, 0) is 0 Å². The van der Waals surface area contributed by atoms with Gasteiger partial charge in [-0.1, -0.05) is 22.3 Å². The molecule has 7 N–H and O–H groups in total. The lowest BCUT2D eigenvalue weighted by atomic mass is 11.5. The minimum atomic E-state index is -0.250. The molecule has 0 rings (SSSR count). The highest BCUT2D eigenvalue weighted by Crippen LogP contribution is 1.35. The maximum absolute atomic E-state index is 8.95. The van der Waals surface area contributed by atoms with Crippen LogP contribution >= 0.6 is 0 Å². The van der Waals surface area contributed by atoms with Gasteiger partial charge in [0.15, 0.2) is 0 Å². The number of rotatable bonds is 1. The molecule has 0 aromatic heterocycles. The van der Waals surface area contributed by atoms with Crippen molar-refractivity contribution in [3.63, 3.8) is 0 Å². The molecule has 0 fully saturated rings. The lowest BCUT2D eigenvalue weighted by Gasteiger charge is -1.67. The van der Waals surface area contributed by atoms with Crippen molar-refractivity contribution < 1.29 is 44.9 Å². The van der Waals surface area contributed by atoms with Crippen molar-refractivity contribution in [2.75, 3.05) is 21.3 Å². The number of aliphatic hydroxyl groups is 2. The van der Waals surface area contributed by atoms with E-state index < -0.39 is 0 Å². The Morgan fingerprint density at radius 1 is 0.938 bits per heavy atom. The number of carbonyl (C=O) groups excluding carboxylic acids is 1. The normalized spacial score (nSPS) is 2.81. The summed E-state index contributed by atoms with van der Waals surface area (Å²) in [5.41, 5.74) is 0. The van der Waals surface area contributed by atoms with Crippen LogP contribution in [0.4, 0.5) is 0 Å². The van der Waals surface area contributed by atoms with Gasteiger partial charge in [-0.25, -0.2) is 0 Å². The average molecular weight is 260 g/mol. The first-order chi connectivity index (χ1) is 5.33. The van der Waals surface area contributed by atoms with E-state index in [-0.39, 0.29) is 44.0 Å². The number of ether oxygens (including phenoxy) is 1. The predicted molar refractivity (Wildman–Crippen MR) is 71.8 cm³/mol. The van der Waals surface area contributed by atoms with E-state index in [1.165, 1.54) is 7.11 Å². The van der Waals surface area contributed by atoms with E-state index in [0.717, 1.165) is 14.2 Å². The summed E-state index contributed by atoms with van der Waals surface area (Å²) in [5, 5.41) is 20.9. The molecule has 8 heteroatoms. The molecule has 0 saturated heterocycles. The van der Waals surface area contributed by atoms with Crippen LogP contribution in [0, 0.1) is 0 Å². The smallest absolute Gasteiger partial charge is 0.292 e. The second-order valence-corrected chi connectivity index (χ2v) is 0.437. The quantitative estimate of drug-likeness (QED) is 0.547. The fraction of sp³-hybridized carbons (Fsp3) is 0.750. The summed E-state index contributed by atoms with van der Waals surface area (Å²) >= 11 is 0. The highest BCUT2D eigenvalue weighted by atomic mass is 16.5. The highest BCUT2D eigenvalue weighted by molar-refractivity contribution is 5.36. The van der Waals surface area contributed by atoms with E-state index in [2.05, 4.69) is 4.74 Å². The third-order valence-electron chi connectivity index (χ3n) is 0.0962. The second-order valence-electron chi connectivity index (χ2n) is 0.437. The summed E-state index contributed by atoms with van der Waals surface area (Å²) < 4.78 is 3.86. The molecule has 0 spiro atoms. The van der Waals surface area contributed by atoms with Crippen LogP contribution in [0.5, 0.6) is 0 Å². The van der Waals surface area contributed by atoms with Gasteiger partial charge in [-0.15, -0.1) is 0 Å². The van der Waals surface area contributed by atoms with E-state index >= 15 is 0 Å². The number of methoxy groups -OCH3 is 1. The zero-order valence-electron chi connectivity index (χ0n) is 7.72. The summed E-state index contributed by atoms with van der Waals surface area (Å²) in [5.74, 6) is 0. The molecule has 0 heterocycles. The van der Waals surface area contributed by atoms with Crippen molar-refractivity contribution >= 4 is 12.9 Å². The predicted octanol–water partition coefficient (Wildman–Crippen LogP) is -0.296. The molecule has 0 aromatic carbocycles. The second kappa shape index (κ2) is 710. The van der Waals surface area contributed by atoms with Crippen molar-refractivity contribution in [1.82, 2.24) is 0 Å². The SMILES string of the molecule is C.C.C.CO.CO.COC=O.O.O.O=CO.[HH].[HH].[HH]. The first-order valence-electron chi connectivity index (χ1n) is 2.27. The molecule has 0 bridgehead atoms. The van der Waals surface area contributed by atoms with Gasteiger partial charge < -0.3 is 31.0 Å². The molecular weight excluding hydrogens is 224 g/mol. The van der Waals surface area contributed by atoms with E-state index in [4.69, 9.17) is 24.9 Å². The van der Waals surface area contributed by atoms with Gasteiger partial charge in [0.1, 0.15) is 0 Å². The zero-order valence-corrected chi connectivity index (χ0v) is 7.72.